The Morgan fingerprint density at radius 3 is 2.45 bits per heavy atom. The molecule has 2 bridgehead atoms. The summed E-state index contributed by atoms with van der Waals surface area (Å²) in [5.41, 5.74) is -0.606. The van der Waals surface area contributed by atoms with E-state index in [4.69, 9.17) is 4.74 Å². The van der Waals surface area contributed by atoms with Crippen molar-refractivity contribution in [2.75, 3.05) is 6.61 Å². The van der Waals surface area contributed by atoms with Gasteiger partial charge in [0.05, 0.1) is 12.4 Å². The van der Waals surface area contributed by atoms with Gasteiger partial charge in [-0.3, -0.25) is 0 Å². The van der Waals surface area contributed by atoms with Crippen LogP contribution in [0.3, 0.4) is 0 Å². The molecule has 0 radical (unpaired) electrons. The Morgan fingerprint density at radius 1 is 1.10 bits per heavy atom. The van der Waals surface area contributed by atoms with Crippen molar-refractivity contribution in [3.63, 3.8) is 0 Å². The molecular formula is C14H17BF3KO. The molecule has 104 valence electrons. The number of fused-ring (bicyclic) bond motifs is 2. The predicted molar refractivity (Wildman–Crippen MR) is 69.6 cm³/mol. The molecule has 2 aliphatic carbocycles. The Kier molecular flexibility index (Phi) is 5.68. The molecule has 2 saturated carbocycles. The van der Waals surface area contributed by atoms with Gasteiger partial charge in [0.25, 0.3) is 0 Å². The molecule has 1 aromatic carbocycles. The van der Waals surface area contributed by atoms with Gasteiger partial charge in [0, 0.05) is 0 Å². The molecule has 3 rings (SSSR count). The first kappa shape index (κ1) is 16.9. The normalized spacial score (nSPS) is 28.2. The van der Waals surface area contributed by atoms with Crippen molar-refractivity contribution < 1.29 is 69.1 Å². The number of rotatable bonds is 4. The van der Waals surface area contributed by atoms with Crippen LogP contribution >= 0.6 is 0 Å². The molecule has 1 aromatic rings. The smallest absolute Gasteiger partial charge is 0.496 e. The Morgan fingerprint density at radius 2 is 1.85 bits per heavy atom. The van der Waals surface area contributed by atoms with E-state index in [1.54, 1.807) is 6.07 Å². The van der Waals surface area contributed by atoms with E-state index >= 15 is 0 Å². The largest absolute Gasteiger partial charge is 1.00 e. The van der Waals surface area contributed by atoms with E-state index in [-0.39, 0.29) is 57.1 Å². The molecular weight excluding hydrogens is 291 g/mol. The maximum atomic E-state index is 12.9. The molecule has 3 atom stereocenters. The third-order valence-electron chi connectivity index (χ3n) is 4.61. The average molecular weight is 308 g/mol. The van der Waals surface area contributed by atoms with E-state index in [1.807, 2.05) is 0 Å². The van der Waals surface area contributed by atoms with Gasteiger partial charge < -0.3 is 17.7 Å². The van der Waals surface area contributed by atoms with Crippen LogP contribution in [0.15, 0.2) is 24.3 Å². The zero-order valence-electron chi connectivity index (χ0n) is 11.7. The molecule has 0 heterocycles. The van der Waals surface area contributed by atoms with E-state index < -0.39 is 12.4 Å². The minimum absolute atomic E-state index is 0. The first-order valence-corrected chi connectivity index (χ1v) is 6.95. The fourth-order valence-electron chi connectivity index (χ4n) is 3.66. The molecule has 3 unspecified atom stereocenters. The van der Waals surface area contributed by atoms with E-state index in [0.717, 1.165) is 18.4 Å². The summed E-state index contributed by atoms with van der Waals surface area (Å²) in [6.07, 6.45) is 4.90. The van der Waals surface area contributed by atoms with Crippen LogP contribution < -0.4 is 61.6 Å². The van der Waals surface area contributed by atoms with Crippen LogP contribution in [0, 0.1) is 17.8 Å². The van der Waals surface area contributed by atoms with Gasteiger partial charge in [-0.1, -0.05) is 30.1 Å². The summed E-state index contributed by atoms with van der Waals surface area (Å²) in [5.74, 6) is 1.92. The number of hydrogen-bond donors (Lipinski definition) is 0. The zero-order chi connectivity index (χ0) is 13.5. The van der Waals surface area contributed by atoms with Crippen molar-refractivity contribution >= 4 is 12.4 Å². The molecule has 0 amide bonds. The van der Waals surface area contributed by atoms with Crippen molar-refractivity contribution in [1.29, 1.82) is 0 Å². The van der Waals surface area contributed by atoms with E-state index in [2.05, 4.69) is 0 Å². The first-order chi connectivity index (χ1) is 9.04. The molecule has 0 spiro atoms. The molecule has 6 heteroatoms. The van der Waals surface area contributed by atoms with Crippen molar-refractivity contribution in [1.82, 2.24) is 0 Å². The Hall–Kier alpha value is 0.511. The Balaban J connectivity index is 0.00000147. The Bertz CT molecular complexity index is 466. The number of para-hydroxylation sites is 1. The molecule has 2 fully saturated rings. The zero-order valence-corrected chi connectivity index (χ0v) is 14.8. The summed E-state index contributed by atoms with van der Waals surface area (Å²) in [6, 6.07) is 5.55. The molecule has 1 nitrogen and oxygen atoms in total. The van der Waals surface area contributed by atoms with Crippen LogP contribution in [0.2, 0.25) is 0 Å². The molecule has 0 aliphatic heterocycles. The van der Waals surface area contributed by atoms with Gasteiger partial charge in [0.1, 0.15) is 0 Å². The van der Waals surface area contributed by atoms with Crippen LogP contribution in [-0.2, 0) is 0 Å². The van der Waals surface area contributed by atoms with Crippen molar-refractivity contribution in [3.8, 4) is 5.75 Å². The van der Waals surface area contributed by atoms with Crippen molar-refractivity contribution in [2.45, 2.75) is 25.7 Å². The molecule has 20 heavy (non-hydrogen) atoms. The summed E-state index contributed by atoms with van der Waals surface area (Å²) in [4.78, 5) is 0. The molecule has 0 aromatic heterocycles. The number of halogens is 3. The van der Waals surface area contributed by atoms with Crippen LogP contribution in [-0.4, -0.2) is 13.6 Å². The summed E-state index contributed by atoms with van der Waals surface area (Å²) < 4.78 is 44.1. The topological polar surface area (TPSA) is 9.23 Å². The SMILES string of the molecule is F[B-](F)(F)c1ccccc1OCC1CC2CCC1C2.[K+]. The molecule has 2 aliphatic rings. The second-order valence-electron chi connectivity index (χ2n) is 5.86. The van der Waals surface area contributed by atoms with Gasteiger partial charge in [-0.2, -0.15) is 0 Å². The van der Waals surface area contributed by atoms with Crippen LogP contribution in [0.1, 0.15) is 25.7 Å². The van der Waals surface area contributed by atoms with E-state index in [0.29, 0.717) is 18.4 Å². The standard InChI is InChI=1S/C14H17BF3O.K/c16-15(17,18)13-3-1-2-4-14(13)19-9-12-8-10-5-6-11(12)7-10;/h1-4,10-12H,5-9H2;/q-1;+1. The van der Waals surface area contributed by atoms with Gasteiger partial charge in [-0.15, -0.1) is 0 Å². The maximum absolute atomic E-state index is 12.9. The maximum Gasteiger partial charge on any atom is 1.00 e. The van der Waals surface area contributed by atoms with E-state index in [9.17, 15) is 12.9 Å². The number of benzene rings is 1. The third-order valence-corrected chi connectivity index (χ3v) is 4.61. The first-order valence-electron chi connectivity index (χ1n) is 6.95. The number of ether oxygens (including phenoxy) is 1. The summed E-state index contributed by atoms with van der Waals surface area (Å²) in [7, 11) is 0. The fourth-order valence-corrected chi connectivity index (χ4v) is 3.66. The Labute approximate surface area is 160 Å². The van der Waals surface area contributed by atoms with Crippen LogP contribution in [0.4, 0.5) is 12.9 Å². The second-order valence-corrected chi connectivity index (χ2v) is 5.86. The van der Waals surface area contributed by atoms with Gasteiger partial charge in [0.15, 0.2) is 0 Å². The van der Waals surface area contributed by atoms with Crippen LogP contribution in [0.25, 0.3) is 0 Å². The van der Waals surface area contributed by atoms with E-state index in [1.165, 1.54) is 31.4 Å². The van der Waals surface area contributed by atoms with Gasteiger partial charge in [-0.25, -0.2) is 0 Å². The minimum Gasteiger partial charge on any atom is -0.496 e. The van der Waals surface area contributed by atoms with Gasteiger partial charge in [0.2, 0.25) is 0 Å². The number of hydrogen-bond acceptors (Lipinski definition) is 1. The van der Waals surface area contributed by atoms with Crippen molar-refractivity contribution in [2.24, 2.45) is 17.8 Å². The van der Waals surface area contributed by atoms with Crippen molar-refractivity contribution in [3.05, 3.63) is 24.3 Å². The van der Waals surface area contributed by atoms with Gasteiger partial charge >= 0.3 is 58.4 Å². The van der Waals surface area contributed by atoms with Crippen LogP contribution in [0.5, 0.6) is 5.75 Å². The summed E-state index contributed by atoms with van der Waals surface area (Å²) in [5, 5.41) is 0. The average Bonchev–Trinajstić information content (AvgIpc) is 2.97. The molecule has 0 N–H and O–H groups in total. The van der Waals surface area contributed by atoms with Gasteiger partial charge in [-0.05, 0) is 43.1 Å². The quantitative estimate of drug-likeness (QED) is 0.739. The minimum atomic E-state index is -5.00. The monoisotopic (exact) mass is 308 g/mol. The second kappa shape index (κ2) is 6.73. The molecule has 0 saturated heterocycles. The third kappa shape index (κ3) is 3.64. The summed E-state index contributed by atoms with van der Waals surface area (Å²) >= 11 is 0. The predicted octanol–water partition coefficient (Wildman–Crippen LogP) is 0.560. The fraction of sp³-hybridized carbons (Fsp3) is 0.571. The summed E-state index contributed by atoms with van der Waals surface area (Å²) in [6.45, 7) is -4.56.